The molecule has 4 aromatic rings. The third-order valence-corrected chi connectivity index (χ3v) is 6.32. The second-order valence-electron chi connectivity index (χ2n) is 9.24. The van der Waals surface area contributed by atoms with Crippen molar-refractivity contribution < 1.29 is 9.59 Å². The molecule has 1 heterocycles. The summed E-state index contributed by atoms with van der Waals surface area (Å²) < 4.78 is 0. The van der Waals surface area contributed by atoms with Crippen molar-refractivity contribution in [2.75, 3.05) is 23.4 Å². The number of fused-ring (bicyclic) bond motifs is 1. The van der Waals surface area contributed by atoms with Gasteiger partial charge < -0.3 is 16.0 Å². The Hall–Kier alpha value is -4.49. The number of anilines is 2. The third-order valence-electron chi connectivity index (χ3n) is 6.32. The van der Waals surface area contributed by atoms with Gasteiger partial charge in [-0.3, -0.25) is 9.59 Å². The summed E-state index contributed by atoms with van der Waals surface area (Å²) in [5, 5.41) is 17.6. The number of benzene rings is 4. The first-order valence-corrected chi connectivity index (χ1v) is 13.2. The first-order chi connectivity index (χ1) is 19.0. The highest BCUT2D eigenvalue weighted by atomic mass is 16.2. The lowest BCUT2D eigenvalue weighted by Crippen LogP contribution is -2.65. The molecule has 4 aromatic carbocycles. The minimum absolute atomic E-state index is 0.335. The van der Waals surface area contributed by atoms with Crippen LogP contribution in [-0.4, -0.2) is 36.3 Å². The number of hydrogen-bond acceptors (Lipinski definition) is 5. The molecule has 39 heavy (non-hydrogen) atoms. The summed E-state index contributed by atoms with van der Waals surface area (Å²) in [5.41, 5.74) is 1.31. The van der Waals surface area contributed by atoms with Gasteiger partial charge in [0.25, 0.3) is 5.91 Å². The van der Waals surface area contributed by atoms with Crippen LogP contribution in [0.25, 0.3) is 10.8 Å². The second kappa shape index (κ2) is 12.8. The molecule has 1 unspecified atom stereocenters. The topological polar surface area (TPSA) is 85.8 Å². The molecule has 3 N–H and O–H groups in total. The lowest BCUT2D eigenvalue weighted by molar-refractivity contribution is -0.127. The summed E-state index contributed by atoms with van der Waals surface area (Å²) >= 11 is 0. The van der Waals surface area contributed by atoms with Gasteiger partial charge in [-0.2, -0.15) is 10.1 Å². The van der Waals surface area contributed by atoms with Gasteiger partial charge in [0.15, 0.2) is 0 Å². The average Bonchev–Trinajstić information content (AvgIpc) is 3.20. The molecule has 5 rings (SSSR count). The Kier molecular flexibility index (Phi) is 9.07. The lowest BCUT2D eigenvalue weighted by atomic mass is 9.94. The van der Waals surface area contributed by atoms with Gasteiger partial charge in [0.05, 0.1) is 11.4 Å². The fourth-order valence-corrected chi connectivity index (χ4v) is 4.51. The number of carbonyl (C=O) groups excluding carboxylic acids is 2. The van der Waals surface area contributed by atoms with E-state index in [0.717, 1.165) is 29.4 Å². The maximum atomic E-state index is 13.9. The van der Waals surface area contributed by atoms with E-state index in [-0.39, 0.29) is 11.8 Å². The molecule has 1 atom stereocenters. The van der Waals surface area contributed by atoms with E-state index in [2.05, 4.69) is 54.1 Å². The molecule has 0 fully saturated rings. The van der Waals surface area contributed by atoms with Crippen LogP contribution in [-0.2, 0) is 16.0 Å². The monoisotopic (exact) mass is 521 g/mol. The molecule has 0 aromatic heterocycles. The number of nitrogens with zero attached hydrogens (tertiary/aromatic N) is 2. The molecule has 1 aliphatic heterocycles. The molecule has 7 nitrogen and oxygen atoms in total. The number of rotatable bonds is 8. The van der Waals surface area contributed by atoms with Crippen LogP contribution in [0.3, 0.4) is 0 Å². The Bertz CT molecular complexity index is 1440. The van der Waals surface area contributed by atoms with Crippen LogP contribution >= 0.6 is 0 Å². The van der Waals surface area contributed by atoms with Gasteiger partial charge in [0.2, 0.25) is 11.6 Å². The molecule has 0 saturated heterocycles. The molecule has 0 aliphatic carbocycles. The van der Waals surface area contributed by atoms with Crippen molar-refractivity contribution in [2.45, 2.75) is 32.9 Å². The lowest BCUT2D eigenvalue weighted by Gasteiger charge is -2.32. The predicted octanol–water partition coefficient (Wildman–Crippen LogP) is 5.35. The molecule has 1 aliphatic rings. The first-order valence-electron chi connectivity index (χ1n) is 13.2. The van der Waals surface area contributed by atoms with E-state index < -0.39 is 5.66 Å². The van der Waals surface area contributed by atoms with Crippen LogP contribution in [0.5, 0.6) is 0 Å². The Balaban J connectivity index is 0.000000648. The molecule has 0 bridgehead atoms. The smallest absolute Gasteiger partial charge is 0.300 e. The molecule has 0 saturated carbocycles. The number of nitrogens with one attached hydrogen (secondary N) is 3. The normalized spacial score (nSPS) is 16.3. The van der Waals surface area contributed by atoms with Crippen LogP contribution in [0.2, 0.25) is 0 Å². The molecule has 0 radical (unpaired) electrons. The van der Waals surface area contributed by atoms with Gasteiger partial charge in [0, 0.05) is 19.0 Å². The van der Waals surface area contributed by atoms with Crippen molar-refractivity contribution in [3.63, 3.8) is 0 Å². The average molecular weight is 522 g/mol. The van der Waals surface area contributed by atoms with Crippen molar-refractivity contribution in [3.8, 4) is 0 Å². The zero-order chi connectivity index (χ0) is 27.7. The van der Waals surface area contributed by atoms with Gasteiger partial charge >= 0.3 is 0 Å². The van der Waals surface area contributed by atoms with Crippen LogP contribution in [0.1, 0.15) is 26.3 Å². The molecule has 2 amide bonds. The minimum Gasteiger partial charge on any atom is -0.350 e. The number of hydrogen-bond donors (Lipinski definition) is 3. The van der Waals surface area contributed by atoms with Crippen molar-refractivity contribution in [1.29, 1.82) is 0 Å². The van der Waals surface area contributed by atoms with E-state index in [1.165, 1.54) is 11.9 Å². The SMILES string of the molecule is CC(=O)NC1(Nc2ccccc2)C(=O)N(c2ccccc2)N=C1Cc1ccc2ccccc2c1.CCNCC. The quantitative estimate of drug-likeness (QED) is 0.273. The summed E-state index contributed by atoms with van der Waals surface area (Å²) in [7, 11) is 0. The van der Waals surface area contributed by atoms with Crippen molar-refractivity contribution in [1.82, 2.24) is 10.6 Å². The summed E-state index contributed by atoms with van der Waals surface area (Å²) in [4.78, 5) is 26.3. The van der Waals surface area contributed by atoms with E-state index in [1.54, 1.807) is 0 Å². The standard InChI is InChI=1S/C28H24N4O2.C4H11N/c1-20(33)29-28(30-24-12-4-2-5-13-24)26(31-32(27(28)34)25-14-6-3-7-15-25)19-21-16-17-22-10-8-9-11-23(22)18-21;1-3-5-4-2/h2-18,30H,19H2,1H3,(H,29,33);5H,3-4H2,1-2H3. The van der Waals surface area contributed by atoms with Crippen molar-refractivity contribution in [3.05, 3.63) is 109 Å². The largest absolute Gasteiger partial charge is 0.350 e. The fourth-order valence-electron chi connectivity index (χ4n) is 4.51. The Labute approximate surface area is 229 Å². The summed E-state index contributed by atoms with van der Waals surface area (Å²) in [6.07, 6.45) is 0.375. The molecule has 7 heteroatoms. The first kappa shape index (κ1) is 27.5. The predicted molar refractivity (Wildman–Crippen MR) is 160 cm³/mol. The second-order valence-corrected chi connectivity index (χ2v) is 9.24. The molecular weight excluding hydrogens is 486 g/mol. The van der Waals surface area contributed by atoms with E-state index in [1.807, 2.05) is 78.9 Å². The van der Waals surface area contributed by atoms with E-state index in [0.29, 0.717) is 23.5 Å². The van der Waals surface area contributed by atoms with Crippen LogP contribution < -0.4 is 21.0 Å². The van der Waals surface area contributed by atoms with Crippen LogP contribution in [0, 0.1) is 0 Å². The highest BCUT2D eigenvalue weighted by molar-refractivity contribution is 6.26. The number of hydrazone groups is 1. The number of amides is 2. The molecular formula is C32H35N5O2. The van der Waals surface area contributed by atoms with E-state index in [9.17, 15) is 9.59 Å². The van der Waals surface area contributed by atoms with Gasteiger partial charge in [-0.25, -0.2) is 0 Å². The fraction of sp³-hybridized carbons (Fsp3) is 0.219. The Morgan fingerprint density at radius 2 is 1.44 bits per heavy atom. The van der Waals surface area contributed by atoms with Gasteiger partial charge in [-0.05, 0) is 53.7 Å². The van der Waals surface area contributed by atoms with E-state index >= 15 is 0 Å². The highest BCUT2D eigenvalue weighted by Gasteiger charge is 2.52. The number of para-hydroxylation sites is 2. The van der Waals surface area contributed by atoms with Gasteiger partial charge in [-0.1, -0.05) is 92.7 Å². The van der Waals surface area contributed by atoms with Gasteiger partial charge in [0.1, 0.15) is 0 Å². The number of carbonyl (C=O) groups is 2. The van der Waals surface area contributed by atoms with Crippen molar-refractivity contribution in [2.24, 2.45) is 5.10 Å². The Morgan fingerprint density at radius 3 is 2.05 bits per heavy atom. The maximum Gasteiger partial charge on any atom is 0.300 e. The zero-order valence-electron chi connectivity index (χ0n) is 22.6. The Morgan fingerprint density at radius 1 is 0.821 bits per heavy atom. The van der Waals surface area contributed by atoms with Crippen molar-refractivity contribution >= 4 is 39.7 Å². The van der Waals surface area contributed by atoms with E-state index in [4.69, 9.17) is 5.10 Å². The molecule has 200 valence electrons. The zero-order valence-corrected chi connectivity index (χ0v) is 22.6. The summed E-state index contributed by atoms with van der Waals surface area (Å²) in [6.45, 7) is 7.79. The third kappa shape index (κ3) is 6.51. The molecule has 0 spiro atoms. The minimum atomic E-state index is -1.52. The van der Waals surface area contributed by atoms with Gasteiger partial charge in [-0.15, -0.1) is 0 Å². The summed E-state index contributed by atoms with van der Waals surface area (Å²) in [6, 6.07) is 32.9. The highest BCUT2D eigenvalue weighted by Crippen LogP contribution is 2.30. The van der Waals surface area contributed by atoms with Crippen LogP contribution in [0.4, 0.5) is 11.4 Å². The van der Waals surface area contributed by atoms with Crippen LogP contribution in [0.15, 0.2) is 108 Å². The summed E-state index contributed by atoms with van der Waals surface area (Å²) in [5.74, 6) is -0.702. The maximum absolute atomic E-state index is 13.9.